The lowest BCUT2D eigenvalue weighted by molar-refractivity contribution is 0.104. The fourth-order valence-electron chi connectivity index (χ4n) is 2.70. The van der Waals surface area contributed by atoms with Crippen LogP contribution in [0.2, 0.25) is 0 Å². The second-order valence-corrected chi connectivity index (χ2v) is 6.29. The Kier molecular flexibility index (Phi) is 6.85. The number of hydrogen-bond donors (Lipinski definition) is 1. The van der Waals surface area contributed by atoms with Crippen molar-refractivity contribution in [3.8, 4) is 17.2 Å². The van der Waals surface area contributed by atoms with E-state index in [1.807, 2.05) is 54.6 Å². The highest BCUT2D eigenvalue weighted by molar-refractivity contribution is 6.08. The molecule has 3 aromatic carbocycles. The third-order valence-corrected chi connectivity index (χ3v) is 4.17. The van der Waals surface area contributed by atoms with Gasteiger partial charge in [-0.3, -0.25) is 4.79 Å². The Hall–Kier alpha value is -3.79. The molecule has 4 nitrogen and oxygen atoms in total. The molecule has 3 rings (SSSR count). The summed E-state index contributed by atoms with van der Waals surface area (Å²) in [6.07, 6.45) is 4.74. The molecule has 0 aromatic heterocycles. The van der Waals surface area contributed by atoms with Gasteiger partial charge in [-0.2, -0.15) is 0 Å². The van der Waals surface area contributed by atoms with Crippen molar-refractivity contribution in [2.45, 2.75) is 6.61 Å². The molecule has 0 saturated heterocycles. The second-order valence-electron chi connectivity index (χ2n) is 6.29. The molecule has 29 heavy (non-hydrogen) atoms. The number of phenolic OH excluding ortho intramolecular Hbond substituents is 1. The molecular formula is C25H22O4. The molecule has 0 fully saturated rings. The van der Waals surface area contributed by atoms with Gasteiger partial charge in [0.1, 0.15) is 30.5 Å². The number of carbonyl (C=O) groups is 1. The predicted molar refractivity (Wildman–Crippen MR) is 114 cm³/mol. The minimum absolute atomic E-state index is 0.124. The van der Waals surface area contributed by atoms with Crippen molar-refractivity contribution in [3.63, 3.8) is 0 Å². The molecule has 1 N–H and O–H groups in total. The minimum Gasteiger partial charge on any atom is -0.507 e. The summed E-state index contributed by atoms with van der Waals surface area (Å²) < 4.78 is 11.3. The molecule has 3 aromatic rings. The Morgan fingerprint density at radius 1 is 0.966 bits per heavy atom. The number of ketones is 1. The molecule has 0 saturated carbocycles. The van der Waals surface area contributed by atoms with E-state index >= 15 is 0 Å². The van der Waals surface area contributed by atoms with Gasteiger partial charge < -0.3 is 14.6 Å². The van der Waals surface area contributed by atoms with E-state index in [4.69, 9.17) is 9.47 Å². The molecule has 0 heterocycles. The lowest BCUT2D eigenvalue weighted by Gasteiger charge is -2.08. The third-order valence-electron chi connectivity index (χ3n) is 4.17. The minimum atomic E-state index is -0.310. The molecule has 4 heteroatoms. The highest BCUT2D eigenvalue weighted by Crippen LogP contribution is 2.26. The molecule has 0 aliphatic heterocycles. The first-order valence-corrected chi connectivity index (χ1v) is 9.22. The molecule has 0 spiro atoms. The van der Waals surface area contributed by atoms with Gasteiger partial charge in [0.15, 0.2) is 5.78 Å². The van der Waals surface area contributed by atoms with E-state index in [2.05, 4.69) is 6.58 Å². The lowest BCUT2D eigenvalue weighted by Crippen LogP contribution is -1.98. The Morgan fingerprint density at radius 2 is 1.72 bits per heavy atom. The van der Waals surface area contributed by atoms with Crippen LogP contribution < -0.4 is 9.47 Å². The van der Waals surface area contributed by atoms with Gasteiger partial charge in [0.05, 0.1) is 5.56 Å². The molecule has 0 atom stereocenters. The van der Waals surface area contributed by atoms with Crippen molar-refractivity contribution in [1.82, 2.24) is 0 Å². The monoisotopic (exact) mass is 386 g/mol. The predicted octanol–water partition coefficient (Wildman–Crippen LogP) is 5.43. The van der Waals surface area contributed by atoms with E-state index in [1.165, 1.54) is 12.1 Å². The second kappa shape index (κ2) is 9.95. The summed E-state index contributed by atoms with van der Waals surface area (Å²) in [5, 5.41) is 10.3. The van der Waals surface area contributed by atoms with E-state index in [1.54, 1.807) is 24.3 Å². The maximum atomic E-state index is 12.5. The van der Waals surface area contributed by atoms with Crippen LogP contribution in [-0.2, 0) is 6.61 Å². The Balaban J connectivity index is 1.68. The first-order chi connectivity index (χ1) is 14.2. The molecule has 0 radical (unpaired) electrons. The molecule has 146 valence electrons. The van der Waals surface area contributed by atoms with Crippen LogP contribution in [0.1, 0.15) is 21.5 Å². The highest BCUT2D eigenvalue weighted by Gasteiger charge is 2.10. The first-order valence-electron chi connectivity index (χ1n) is 9.22. The van der Waals surface area contributed by atoms with Gasteiger partial charge in [-0.25, -0.2) is 0 Å². The summed E-state index contributed by atoms with van der Waals surface area (Å²) in [7, 11) is 0. The van der Waals surface area contributed by atoms with Gasteiger partial charge in [-0.15, -0.1) is 0 Å². The highest BCUT2D eigenvalue weighted by atomic mass is 16.5. The molecule has 0 aliphatic carbocycles. The quantitative estimate of drug-likeness (QED) is 0.303. The van der Waals surface area contributed by atoms with Gasteiger partial charge in [-0.1, -0.05) is 61.2 Å². The average molecular weight is 386 g/mol. The summed E-state index contributed by atoms with van der Waals surface area (Å²) in [6, 6.07) is 21.8. The Bertz CT molecular complexity index is 1010. The van der Waals surface area contributed by atoms with Gasteiger partial charge in [0.2, 0.25) is 0 Å². The molecule has 0 amide bonds. The number of carbonyl (C=O) groups excluding carboxylic acids is 1. The SMILES string of the molecule is C=CCOc1ccccc1/C=C/C(=O)c1ccc(OCc2ccccc2)cc1O. The van der Waals surface area contributed by atoms with Gasteiger partial charge in [-0.05, 0) is 35.9 Å². The van der Waals surface area contributed by atoms with E-state index in [0.717, 1.165) is 11.1 Å². The standard InChI is InChI=1S/C25H22O4/c1-2-16-28-25-11-7-6-10-20(25)12-15-23(26)22-14-13-21(17-24(22)27)29-18-19-8-4-3-5-9-19/h2-15,17,27H,1,16,18H2/b15-12+. The van der Waals surface area contributed by atoms with Crippen LogP contribution in [0, 0.1) is 0 Å². The van der Waals surface area contributed by atoms with Crippen LogP contribution in [0.15, 0.2) is 91.5 Å². The maximum Gasteiger partial charge on any atom is 0.189 e. The van der Waals surface area contributed by atoms with Crippen LogP contribution in [0.4, 0.5) is 0 Å². The van der Waals surface area contributed by atoms with E-state index in [-0.39, 0.29) is 17.1 Å². The van der Waals surface area contributed by atoms with Crippen LogP contribution in [0.25, 0.3) is 6.08 Å². The zero-order chi connectivity index (χ0) is 20.5. The van der Waals surface area contributed by atoms with Crippen molar-refractivity contribution in [1.29, 1.82) is 0 Å². The maximum absolute atomic E-state index is 12.5. The number of allylic oxidation sites excluding steroid dienone is 1. The van der Waals surface area contributed by atoms with Crippen molar-refractivity contribution in [3.05, 3.63) is 108 Å². The van der Waals surface area contributed by atoms with Crippen molar-refractivity contribution < 1.29 is 19.4 Å². The fourth-order valence-corrected chi connectivity index (χ4v) is 2.70. The lowest BCUT2D eigenvalue weighted by atomic mass is 10.1. The number of phenols is 1. The van der Waals surface area contributed by atoms with Gasteiger partial charge in [0, 0.05) is 11.6 Å². The third kappa shape index (κ3) is 5.59. The summed E-state index contributed by atoms with van der Waals surface area (Å²) in [5.74, 6) is 0.720. The summed E-state index contributed by atoms with van der Waals surface area (Å²) in [4.78, 5) is 12.5. The zero-order valence-electron chi connectivity index (χ0n) is 16.0. The van der Waals surface area contributed by atoms with E-state index in [9.17, 15) is 9.90 Å². The topological polar surface area (TPSA) is 55.8 Å². The van der Waals surface area contributed by atoms with Crippen molar-refractivity contribution >= 4 is 11.9 Å². The van der Waals surface area contributed by atoms with Crippen LogP contribution in [0.3, 0.4) is 0 Å². The van der Waals surface area contributed by atoms with Gasteiger partial charge >= 0.3 is 0 Å². The fraction of sp³-hybridized carbons (Fsp3) is 0.0800. The number of aromatic hydroxyl groups is 1. The van der Waals surface area contributed by atoms with Crippen LogP contribution in [-0.4, -0.2) is 17.5 Å². The Morgan fingerprint density at radius 3 is 2.48 bits per heavy atom. The molecule has 0 unspecified atom stereocenters. The van der Waals surface area contributed by atoms with Crippen molar-refractivity contribution in [2.75, 3.05) is 6.61 Å². The number of ether oxygens (including phenoxy) is 2. The number of hydrogen-bond acceptors (Lipinski definition) is 4. The zero-order valence-corrected chi connectivity index (χ0v) is 16.0. The number of para-hydroxylation sites is 1. The summed E-state index contributed by atoms with van der Waals surface area (Å²) >= 11 is 0. The van der Waals surface area contributed by atoms with E-state index < -0.39 is 0 Å². The molecular weight excluding hydrogens is 364 g/mol. The largest absolute Gasteiger partial charge is 0.507 e. The van der Waals surface area contributed by atoms with E-state index in [0.29, 0.717) is 24.7 Å². The number of benzene rings is 3. The van der Waals surface area contributed by atoms with Crippen molar-refractivity contribution in [2.24, 2.45) is 0 Å². The normalized spacial score (nSPS) is 10.6. The average Bonchev–Trinajstić information content (AvgIpc) is 2.76. The van der Waals surface area contributed by atoms with Crippen LogP contribution in [0.5, 0.6) is 17.2 Å². The summed E-state index contributed by atoms with van der Waals surface area (Å²) in [6.45, 7) is 4.39. The van der Waals surface area contributed by atoms with Crippen LogP contribution >= 0.6 is 0 Å². The Labute approximate surface area is 170 Å². The summed E-state index contributed by atoms with van der Waals surface area (Å²) in [5.41, 5.74) is 2.00. The smallest absolute Gasteiger partial charge is 0.189 e. The molecule has 0 bridgehead atoms. The first kappa shape index (κ1) is 20.0. The van der Waals surface area contributed by atoms with Gasteiger partial charge in [0.25, 0.3) is 0 Å². The number of rotatable bonds is 9. The molecule has 0 aliphatic rings.